The van der Waals surface area contributed by atoms with Crippen molar-refractivity contribution in [3.05, 3.63) is 71.1 Å². The number of nitrogens with one attached hydrogen (secondary N) is 1. The summed E-state index contributed by atoms with van der Waals surface area (Å²) in [5, 5.41) is 13.0. The number of para-hydroxylation sites is 1. The van der Waals surface area contributed by atoms with E-state index in [2.05, 4.69) is 15.3 Å². The fraction of sp³-hybridized carbons (Fsp3) is 0.111. The van der Waals surface area contributed by atoms with Crippen LogP contribution in [0.5, 0.6) is 0 Å². The van der Waals surface area contributed by atoms with Gasteiger partial charge in [0, 0.05) is 24.2 Å². The molecule has 0 aliphatic carbocycles. The number of nitrogens with zero attached hydrogens (tertiary/aromatic N) is 2. The van der Waals surface area contributed by atoms with E-state index >= 15 is 0 Å². The number of aliphatic carboxylic acids is 1. The van der Waals surface area contributed by atoms with Gasteiger partial charge in [-0.15, -0.1) is 0 Å². The van der Waals surface area contributed by atoms with Crippen LogP contribution >= 0.6 is 11.6 Å². The average Bonchev–Trinajstić information content (AvgIpc) is 2.62. The minimum absolute atomic E-state index is 0.103. The fourth-order valence-corrected chi connectivity index (χ4v) is 2.51. The average molecular weight is 356 g/mol. The number of pyridine rings is 2. The van der Waals surface area contributed by atoms with Gasteiger partial charge < -0.3 is 10.4 Å². The molecule has 0 fully saturated rings. The summed E-state index contributed by atoms with van der Waals surface area (Å²) in [7, 11) is 0. The maximum Gasteiger partial charge on any atom is 0.326 e. The molecule has 3 aromatic rings. The summed E-state index contributed by atoms with van der Waals surface area (Å²) in [6.45, 7) is 0. The highest BCUT2D eigenvalue weighted by Crippen LogP contribution is 2.13. The van der Waals surface area contributed by atoms with Crippen molar-refractivity contribution in [2.45, 2.75) is 12.5 Å². The molecular formula is C18H14ClN3O3. The van der Waals surface area contributed by atoms with E-state index in [1.54, 1.807) is 18.2 Å². The molecule has 0 radical (unpaired) electrons. The number of hydrogen-bond donors (Lipinski definition) is 2. The number of carbonyl (C=O) groups is 2. The Morgan fingerprint density at radius 3 is 2.64 bits per heavy atom. The standard InChI is InChI=1S/C18H14ClN3O3/c19-16-6-5-11(9-21-16)7-15(18(24)25)22-17(23)13-8-12-3-1-2-4-14(12)20-10-13/h1-6,8-10,15H,7H2,(H,22,23)(H,24,25)/t15-/m1/s1. The third-order valence-electron chi connectivity index (χ3n) is 3.68. The van der Waals surface area contributed by atoms with Gasteiger partial charge in [-0.05, 0) is 23.8 Å². The van der Waals surface area contributed by atoms with Gasteiger partial charge in [-0.1, -0.05) is 35.9 Å². The molecule has 7 heteroatoms. The number of halogens is 1. The van der Waals surface area contributed by atoms with Gasteiger partial charge in [0.05, 0.1) is 11.1 Å². The maximum atomic E-state index is 12.4. The number of carboxylic acids is 1. The lowest BCUT2D eigenvalue weighted by Crippen LogP contribution is -2.42. The van der Waals surface area contributed by atoms with E-state index in [-0.39, 0.29) is 6.42 Å². The Hall–Kier alpha value is -2.99. The van der Waals surface area contributed by atoms with Gasteiger partial charge in [-0.25, -0.2) is 9.78 Å². The van der Waals surface area contributed by atoms with E-state index in [9.17, 15) is 14.7 Å². The van der Waals surface area contributed by atoms with Gasteiger partial charge >= 0.3 is 5.97 Å². The lowest BCUT2D eigenvalue weighted by molar-refractivity contribution is -0.139. The van der Waals surface area contributed by atoms with E-state index < -0.39 is 17.9 Å². The molecule has 0 bridgehead atoms. The maximum absolute atomic E-state index is 12.4. The number of aromatic nitrogens is 2. The van der Waals surface area contributed by atoms with Crippen molar-refractivity contribution >= 4 is 34.4 Å². The van der Waals surface area contributed by atoms with Gasteiger partial charge in [-0.3, -0.25) is 9.78 Å². The van der Waals surface area contributed by atoms with E-state index in [1.807, 2.05) is 24.3 Å². The Balaban J connectivity index is 1.77. The first-order chi connectivity index (χ1) is 12.0. The topological polar surface area (TPSA) is 92.2 Å². The molecular weight excluding hydrogens is 342 g/mol. The summed E-state index contributed by atoms with van der Waals surface area (Å²) < 4.78 is 0. The highest BCUT2D eigenvalue weighted by Gasteiger charge is 2.21. The van der Waals surface area contributed by atoms with Crippen LogP contribution in [-0.2, 0) is 11.2 Å². The molecule has 0 aliphatic heterocycles. The molecule has 2 N–H and O–H groups in total. The predicted molar refractivity (Wildman–Crippen MR) is 93.6 cm³/mol. The number of fused-ring (bicyclic) bond motifs is 1. The van der Waals surface area contributed by atoms with Crippen LogP contribution in [0.2, 0.25) is 5.15 Å². The molecule has 3 rings (SSSR count). The molecule has 126 valence electrons. The molecule has 0 unspecified atom stereocenters. The molecule has 0 saturated carbocycles. The Morgan fingerprint density at radius 1 is 1.12 bits per heavy atom. The first kappa shape index (κ1) is 16.9. The normalized spacial score (nSPS) is 11.9. The molecule has 2 aromatic heterocycles. The third-order valence-corrected chi connectivity index (χ3v) is 3.91. The number of carboxylic acid groups (broad SMARTS) is 1. The van der Waals surface area contributed by atoms with Crippen molar-refractivity contribution in [2.75, 3.05) is 0 Å². The molecule has 2 heterocycles. The summed E-state index contributed by atoms with van der Waals surface area (Å²) >= 11 is 5.72. The van der Waals surface area contributed by atoms with Crippen LogP contribution in [-0.4, -0.2) is 33.0 Å². The minimum Gasteiger partial charge on any atom is -0.480 e. The Morgan fingerprint density at radius 2 is 1.92 bits per heavy atom. The lowest BCUT2D eigenvalue weighted by atomic mass is 10.1. The zero-order chi connectivity index (χ0) is 17.8. The van der Waals surface area contributed by atoms with Gasteiger partial charge in [-0.2, -0.15) is 0 Å². The van der Waals surface area contributed by atoms with Crippen LogP contribution < -0.4 is 5.32 Å². The summed E-state index contributed by atoms with van der Waals surface area (Å²) in [5.41, 5.74) is 1.73. The van der Waals surface area contributed by atoms with E-state index in [1.165, 1.54) is 12.4 Å². The highest BCUT2D eigenvalue weighted by molar-refractivity contribution is 6.29. The highest BCUT2D eigenvalue weighted by atomic mass is 35.5. The molecule has 6 nitrogen and oxygen atoms in total. The van der Waals surface area contributed by atoms with Gasteiger partial charge in [0.25, 0.3) is 5.91 Å². The monoisotopic (exact) mass is 355 g/mol. The SMILES string of the molecule is O=C(N[C@H](Cc1ccc(Cl)nc1)C(=O)O)c1cnc2ccccc2c1. The molecule has 25 heavy (non-hydrogen) atoms. The van der Waals surface area contributed by atoms with Crippen molar-refractivity contribution in [3.8, 4) is 0 Å². The van der Waals surface area contributed by atoms with Crippen molar-refractivity contribution < 1.29 is 14.7 Å². The Labute approximate surface area is 148 Å². The Kier molecular flexibility index (Phi) is 4.90. The smallest absolute Gasteiger partial charge is 0.326 e. The van der Waals surface area contributed by atoms with Crippen LogP contribution in [0.1, 0.15) is 15.9 Å². The van der Waals surface area contributed by atoms with Gasteiger partial charge in [0.15, 0.2) is 0 Å². The summed E-state index contributed by atoms with van der Waals surface area (Å²) in [6, 6.07) is 11.2. The summed E-state index contributed by atoms with van der Waals surface area (Å²) in [4.78, 5) is 32.0. The predicted octanol–water partition coefficient (Wildman–Crippen LogP) is 2.71. The molecule has 1 amide bonds. The third kappa shape index (κ3) is 4.10. The van der Waals surface area contributed by atoms with Crippen LogP contribution in [0.25, 0.3) is 10.9 Å². The first-order valence-electron chi connectivity index (χ1n) is 7.52. The first-order valence-corrected chi connectivity index (χ1v) is 7.89. The van der Waals surface area contributed by atoms with Crippen molar-refractivity contribution in [1.82, 2.24) is 15.3 Å². The zero-order valence-electron chi connectivity index (χ0n) is 13.0. The number of rotatable bonds is 5. The fourth-order valence-electron chi connectivity index (χ4n) is 2.40. The van der Waals surface area contributed by atoms with Crippen molar-refractivity contribution in [1.29, 1.82) is 0 Å². The second-order valence-corrected chi connectivity index (χ2v) is 5.86. The number of hydrogen-bond acceptors (Lipinski definition) is 4. The Bertz CT molecular complexity index is 928. The molecule has 0 aliphatic rings. The minimum atomic E-state index is -1.13. The molecule has 1 atom stereocenters. The number of amides is 1. The molecule has 0 spiro atoms. The van der Waals surface area contributed by atoms with Crippen LogP contribution in [0.15, 0.2) is 54.9 Å². The van der Waals surface area contributed by atoms with E-state index in [0.717, 1.165) is 10.9 Å². The number of carbonyl (C=O) groups excluding carboxylic acids is 1. The zero-order valence-corrected chi connectivity index (χ0v) is 13.8. The summed E-state index contributed by atoms with van der Waals surface area (Å²) in [5.74, 6) is -1.62. The largest absolute Gasteiger partial charge is 0.480 e. The van der Waals surface area contributed by atoms with Gasteiger partial charge in [0.1, 0.15) is 11.2 Å². The summed E-state index contributed by atoms with van der Waals surface area (Å²) in [6.07, 6.45) is 3.02. The second kappa shape index (κ2) is 7.27. The van der Waals surface area contributed by atoms with Crippen molar-refractivity contribution in [2.24, 2.45) is 0 Å². The molecule has 0 saturated heterocycles. The van der Waals surface area contributed by atoms with Crippen LogP contribution in [0.4, 0.5) is 0 Å². The second-order valence-electron chi connectivity index (χ2n) is 5.47. The van der Waals surface area contributed by atoms with Gasteiger partial charge in [0.2, 0.25) is 0 Å². The van der Waals surface area contributed by atoms with Crippen LogP contribution in [0, 0.1) is 0 Å². The quantitative estimate of drug-likeness (QED) is 0.686. The molecule has 1 aromatic carbocycles. The van der Waals surface area contributed by atoms with Crippen molar-refractivity contribution in [3.63, 3.8) is 0 Å². The van der Waals surface area contributed by atoms with Crippen LogP contribution in [0.3, 0.4) is 0 Å². The van der Waals surface area contributed by atoms with E-state index in [0.29, 0.717) is 16.3 Å². The lowest BCUT2D eigenvalue weighted by Gasteiger charge is -2.14. The number of benzene rings is 1. The van der Waals surface area contributed by atoms with E-state index in [4.69, 9.17) is 11.6 Å².